The van der Waals surface area contributed by atoms with Gasteiger partial charge in [-0.25, -0.2) is 0 Å². The van der Waals surface area contributed by atoms with Gasteiger partial charge in [0.05, 0.1) is 14.2 Å². The average Bonchev–Trinajstić information content (AvgIpc) is 2.53. The normalized spacial score (nSPS) is 30.8. The summed E-state index contributed by atoms with van der Waals surface area (Å²) >= 11 is 0. The van der Waals surface area contributed by atoms with Gasteiger partial charge in [-0.05, 0) is 38.0 Å². The van der Waals surface area contributed by atoms with Crippen LogP contribution < -0.4 is 0 Å². The predicted octanol–water partition coefficient (Wildman–Crippen LogP) is 3.25. The highest BCUT2D eigenvalue weighted by atomic mass is 16.5. The second kappa shape index (κ2) is 7.65. The Kier molecular flexibility index (Phi) is 5.86. The SMILES string of the molecule is COC1=C(OC)CC2C/C=C\C(C)=C/CN(C)C(OC)C2=C1. The van der Waals surface area contributed by atoms with Crippen LogP contribution in [-0.2, 0) is 14.2 Å². The number of methoxy groups -OCH3 is 3. The van der Waals surface area contributed by atoms with Crippen LogP contribution in [0.15, 0.2) is 47.0 Å². The van der Waals surface area contributed by atoms with Crippen molar-refractivity contribution in [1.29, 1.82) is 0 Å². The lowest BCUT2D eigenvalue weighted by atomic mass is 9.85. The number of nitrogens with zero attached hydrogens (tertiary/aromatic N) is 1. The Hall–Kier alpha value is -1.52. The van der Waals surface area contributed by atoms with E-state index >= 15 is 0 Å². The molecule has 0 fully saturated rings. The van der Waals surface area contributed by atoms with Gasteiger partial charge < -0.3 is 14.2 Å². The van der Waals surface area contributed by atoms with Crippen molar-refractivity contribution in [3.05, 3.63) is 47.0 Å². The largest absolute Gasteiger partial charge is 0.497 e. The van der Waals surface area contributed by atoms with Crippen molar-refractivity contribution in [1.82, 2.24) is 4.90 Å². The summed E-state index contributed by atoms with van der Waals surface area (Å²) < 4.78 is 16.8. The van der Waals surface area contributed by atoms with E-state index in [1.54, 1.807) is 21.3 Å². The van der Waals surface area contributed by atoms with E-state index in [1.165, 1.54) is 11.1 Å². The van der Waals surface area contributed by atoms with Gasteiger partial charge in [-0.15, -0.1) is 0 Å². The maximum absolute atomic E-state index is 5.79. The molecule has 122 valence electrons. The topological polar surface area (TPSA) is 30.9 Å². The molecule has 2 aliphatic rings. The van der Waals surface area contributed by atoms with E-state index in [1.807, 2.05) is 0 Å². The first-order valence-electron chi connectivity index (χ1n) is 7.69. The van der Waals surface area contributed by atoms with Crippen LogP contribution in [-0.4, -0.2) is 46.0 Å². The minimum atomic E-state index is -0.0518. The molecule has 22 heavy (non-hydrogen) atoms. The average molecular weight is 305 g/mol. The number of allylic oxidation sites excluding steroid dienone is 5. The molecule has 0 radical (unpaired) electrons. The second-order valence-corrected chi connectivity index (χ2v) is 5.85. The molecule has 0 spiro atoms. The van der Waals surface area contributed by atoms with E-state index in [0.717, 1.165) is 30.9 Å². The number of rotatable bonds is 3. The Balaban J connectivity index is 2.41. The monoisotopic (exact) mass is 305 g/mol. The van der Waals surface area contributed by atoms with Gasteiger partial charge in [0.25, 0.3) is 0 Å². The van der Waals surface area contributed by atoms with E-state index in [2.05, 4.69) is 43.2 Å². The Morgan fingerprint density at radius 1 is 1.18 bits per heavy atom. The Bertz CT molecular complexity index is 516. The molecule has 0 aromatic carbocycles. The quantitative estimate of drug-likeness (QED) is 0.801. The van der Waals surface area contributed by atoms with Gasteiger partial charge in [0, 0.05) is 20.1 Å². The number of hydrogen-bond donors (Lipinski definition) is 0. The van der Waals surface area contributed by atoms with Gasteiger partial charge in [-0.2, -0.15) is 0 Å². The highest BCUT2D eigenvalue weighted by molar-refractivity contribution is 5.33. The summed E-state index contributed by atoms with van der Waals surface area (Å²) in [7, 11) is 7.24. The van der Waals surface area contributed by atoms with Crippen LogP contribution in [0, 0.1) is 5.92 Å². The molecule has 0 aromatic heterocycles. The minimum Gasteiger partial charge on any atom is -0.497 e. The summed E-state index contributed by atoms with van der Waals surface area (Å²) in [4.78, 5) is 2.21. The molecule has 2 atom stereocenters. The smallest absolute Gasteiger partial charge is 0.156 e. The van der Waals surface area contributed by atoms with Crippen LogP contribution in [0.4, 0.5) is 0 Å². The maximum atomic E-state index is 5.79. The van der Waals surface area contributed by atoms with E-state index in [4.69, 9.17) is 14.2 Å². The van der Waals surface area contributed by atoms with Crippen LogP contribution in [0.5, 0.6) is 0 Å². The summed E-state index contributed by atoms with van der Waals surface area (Å²) in [5.74, 6) is 2.08. The zero-order chi connectivity index (χ0) is 16.1. The molecule has 0 N–H and O–H groups in total. The summed E-state index contributed by atoms with van der Waals surface area (Å²) in [6.07, 6.45) is 10.5. The third-order valence-electron chi connectivity index (χ3n) is 4.35. The van der Waals surface area contributed by atoms with Gasteiger partial charge in [0.2, 0.25) is 0 Å². The van der Waals surface area contributed by atoms with E-state index in [-0.39, 0.29) is 6.23 Å². The van der Waals surface area contributed by atoms with E-state index in [0.29, 0.717) is 5.92 Å². The molecule has 0 bridgehead atoms. The summed E-state index contributed by atoms with van der Waals surface area (Å²) in [5.41, 5.74) is 2.53. The third-order valence-corrected chi connectivity index (χ3v) is 4.35. The molecule has 1 aliphatic carbocycles. The maximum Gasteiger partial charge on any atom is 0.156 e. The number of ether oxygens (including phenoxy) is 3. The van der Waals surface area contributed by atoms with Gasteiger partial charge in [0.15, 0.2) is 5.76 Å². The zero-order valence-corrected chi connectivity index (χ0v) is 14.3. The van der Waals surface area contributed by atoms with Crippen molar-refractivity contribution in [2.45, 2.75) is 26.0 Å². The molecule has 0 saturated carbocycles. The number of likely N-dealkylation sites (N-methyl/N-ethyl adjacent to an activating group) is 1. The first-order chi connectivity index (χ1) is 10.6. The first-order valence-corrected chi connectivity index (χ1v) is 7.69. The molecular formula is C18H27NO3. The molecule has 4 heteroatoms. The third kappa shape index (κ3) is 3.62. The zero-order valence-electron chi connectivity index (χ0n) is 14.3. The predicted molar refractivity (Wildman–Crippen MR) is 88.2 cm³/mol. The van der Waals surface area contributed by atoms with Crippen molar-refractivity contribution < 1.29 is 14.2 Å². The van der Waals surface area contributed by atoms with Crippen LogP contribution in [0.25, 0.3) is 0 Å². The molecule has 1 aliphatic heterocycles. The molecule has 1 heterocycles. The lowest BCUT2D eigenvalue weighted by molar-refractivity contribution is 0.00724. The Morgan fingerprint density at radius 3 is 2.59 bits per heavy atom. The lowest BCUT2D eigenvalue weighted by Crippen LogP contribution is -2.38. The fourth-order valence-electron chi connectivity index (χ4n) is 3.08. The summed E-state index contributed by atoms with van der Waals surface area (Å²) in [6, 6.07) is 0. The highest BCUT2D eigenvalue weighted by Crippen LogP contribution is 2.36. The molecular weight excluding hydrogens is 278 g/mol. The molecule has 2 rings (SSSR count). The number of hydrogen-bond acceptors (Lipinski definition) is 4. The van der Waals surface area contributed by atoms with Gasteiger partial charge in [-0.3, -0.25) is 4.90 Å². The summed E-state index contributed by atoms with van der Waals surface area (Å²) in [5, 5.41) is 0. The molecule has 0 amide bonds. The Morgan fingerprint density at radius 2 is 1.95 bits per heavy atom. The van der Waals surface area contributed by atoms with Crippen molar-refractivity contribution in [3.63, 3.8) is 0 Å². The van der Waals surface area contributed by atoms with Crippen molar-refractivity contribution in [2.24, 2.45) is 5.92 Å². The fourth-order valence-corrected chi connectivity index (χ4v) is 3.08. The first kappa shape index (κ1) is 16.8. The summed E-state index contributed by atoms with van der Waals surface area (Å²) in [6.45, 7) is 2.98. The van der Waals surface area contributed by atoms with Crippen LogP contribution in [0.2, 0.25) is 0 Å². The molecule has 4 nitrogen and oxygen atoms in total. The lowest BCUT2D eigenvalue weighted by Gasteiger charge is -2.35. The second-order valence-electron chi connectivity index (χ2n) is 5.85. The molecule has 2 unspecified atom stereocenters. The van der Waals surface area contributed by atoms with E-state index in [9.17, 15) is 0 Å². The van der Waals surface area contributed by atoms with E-state index < -0.39 is 0 Å². The van der Waals surface area contributed by atoms with Gasteiger partial charge in [-0.1, -0.05) is 23.8 Å². The minimum absolute atomic E-state index is 0.0518. The molecule has 0 saturated heterocycles. The van der Waals surface area contributed by atoms with Crippen LogP contribution in [0.1, 0.15) is 19.8 Å². The van der Waals surface area contributed by atoms with Crippen LogP contribution in [0.3, 0.4) is 0 Å². The van der Waals surface area contributed by atoms with Crippen LogP contribution >= 0.6 is 0 Å². The number of fused-ring (bicyclic) bond motifs is 1. The highest BCUT2D eigenvalue weighted by Gasteiger charge is 2.31. The fraction of sp³-hybridized carbons (Fsp3) is 0.556. The van der Waals surface area contributed by atoms with Gasteiger partial charge >= 0.3 is 0 Å². The van der Waals surface area contributed by atoms with Gasteiger partial charge in [0.1, 0.15) is 12.0 Å². The van der Waals surface area contributed by atoms with Crippen molar-refractivity contribution >= 4 is 0 Å². The molecule has 0 aromatic rings. The van der Waals surface area contributed by atoms with Crippen molar-refractivity contribution in [3.8, 4) is 0 Å². The van der Waals surface area contributed by atoms with Crippen molar-refractivity contribution in [2.75, 3.05) is 34.9 Å². The standard InChI is InChI=1S/C18H27NO3/c1-13-7-6-8-14-11-16(20-3)17(21-4)12-15(14)18(22-5)19(2)10-9-13/h6-7,9,12,14,18H,8,10-11H2,1-5H3/b7-6-,13-9-. The Labute approximate surface area is 133 Å².